The molecule has 0 aromatic heterocycles. The molecule has 4 aliphatic heterocycles. The molecule has 5 aliphatic rings. The number of halogens is 6. The van der Waals surface area contributed by atoms with E-state index in [2.05, 4.69) is 4.90 Å². The smallest absolute Gasteiger partial charge is 0.337 e. The Bertz CT molecular complexity index is 1770. The van der Waals surface area contributed by atoms with Crippen LogP contribution in [0.5, 0.6) is 0 Å². The molecule has 7 rings (SSSR count). The van der Waals surface area contributed by atoms with Crippen molar-refractivity contribution >= 4 is 57.9 Å². The van der Waals surface area contributed by atoms with Crippen LogP contribution >= 0.6 is 35.0 Å². The van der Waals surface area contributed by atoms with Gasteiger partial charge in [-0.3, -0.25) is 19.4 Å². The van der Waals surface area contributed by atoms with E-state index in [1.165, 1.54) is 21.6 Å². The molecule has 2 aromatic carbocycles. The van der Waals surface area contributed by atoms with Gasteiger partial charge >= 0.3 is 12.1 Å². The zero-order valence-corrected chi connectivity index (χ0v) is 29.6. The standard InChI is InChI=1S/C35H35Cl2F4N5O3S/c1-19(2)27-29(50-33-42-26(20-3-7-22(36)8-4-20)28(46(27)33)21-5-9-23(37)10-6-21)31(48)45-24(17-38)11-12-25(45)30(47)43-15-16-44(32(49)35(39,40)41)34(18-43)13-14-34/h3-10,19,24-26,28H,11-18H2,1-2H3/t24-,25-,26?,28?/m0/s1. The molecule has 2 saturated heterocycles. The van der Waals surface area contributed by atoms with Gasteiger partial charge in [-0.15, -0.1) is 0 Å². The Morgan fingerprint density at radius 1 is 0.960 bits per heavy atom. The first-order chi connectivity index (χ1) is 23.7. The number of allylic oxidation sites excluding steroid dienone is 1. The Balaban J connectivity index is 1.20. The van der Waals surface area contributed by atoms with Gasteiger partial charge in [0.1, 0.15) is 23.7 Å². The van der Waals surface area contributed by atoms with Crippen LogP contribution in [0.25, 0.3) is 0 Å². The fourth-order valence-electron chi connectivity index (χ4n) is 7.82. The number of carbonyl (C=O) groups excluding carboxylic acids is 3. The third-order valence-electron chi connectivity index (χ3n) is 10.4. The fraction of sp³-hybridized carbons (Fsp3) is 0.486. The van der Waals surface area contributed by atoms with Crippen LogP contribution in [0.3, 0.4) is 0 Å². The molecule has 0 bridgehead atoms. The average molecular weight is 753 g/mol. The molecule has 266 valence electrons. The van der Waals surface area contributed by atoms with Crippen molar-refractivity contribution < 1.29 is 31.9 Å². The molecular formula is C35H35Cl2F4N5O3S. The maximum atomic E-state index is 14.6. The van der Waals surface area contributed by atoms with Crippen LogP contribution < -0.4 is 0 Å². The van der Waals surface area contributed by atoms with Crippen molar-refractivity contribution in [2.45, 2.75) is 75.4 Å². The van der Waals surface area contributed by atoms with Gasteiger partial charge in [-0.2, -0.15) is 13.2 Å². The first-order valence-corrected chi connectivity index (χ1v) is 18.2. The molecule has 0 radical (unpaired) electrons. The van der Waals surface area contributed by atoms with E-state index in [1.54, 1.807) is 12.1 Å². The van der Waals surface area contributed by atoms with E-state index in [0.717, 1.165) is 16.0 Å². The Morgan fingerprint density at radius 2 is 1.58 bits per heavy atom. The van der Waals surface area contributed by atoms with Crippen molar-refractivity contribution in [3.05, 3.63) is 80.3 Å². The van der Waals surface area contributed by atoms with Gasteiger partial charge in [0.25, 0.3) is 5.91 Å². The van der Waals surface area contributed by atoms with Gasteiger partial charge in [0, 0.05) is 35.4 Å². The van der Waals surface area contributed by atoms with Crippen molar-refractivity contribution in [1.82, 2.24) is 19.6 Å². The largest absolute Gasteiger partial charge is 0.471 e. The van der Waals surface area contributed by atoms with Crippen molar-refractivity contribution in [1.29, 1.82) is 0 Å². The van der Waals surface area contributed by atoms with Gasteiger partial charge in [-0.25, -0.2) is 4.39 Å². The van der Waals surface area contributed by atoms with E-state index in [-0.39, 0.29) is 50.5 Å². The number of amidine groups is 1. The second-order valence-electron chi connectivity index (χ2n) is 13.8. The number of piperazine rings is 1. The van der Waals surface area contributed by atoms with Crippen LogP contribution in [0.4, 0.5) is 17.6 Å². The summed E-state index contributed by atoms with van der Waals surface area (Å²) in [7, 11) is 0. The molecule has 2 aromatic rings. The van der Waals surface area contributed by atoms with E-state index in [4.69, 9.17) is 28.2 Å². The van der Waals surface area contributed by atoms with Crippen LogP contribution in [-0.2, 0) is 14.4 Å². The second-order valence-corrected chi connectivity index (χ2v) is 15.6. The number of benzene rings is 2. The molecule has 3 amide bonds. The lowest BCUT2D eigenvalue weighted by atomic mass is 9.92. The number of carbonyl (C=O) groups is 3. The Morgan fingerprint density at radius 3 is 2.14 bits per heavy atom. The molecule has 1 aliphatic carbocycles. The summed E-state index contributed by atoms with van der Waals surface area (Å²) < 4.78 is 54.6. The molecule has 1 spiro atoms. The highest BCUT2D eigenvalue weighted by Gasteiger charge is 2.59. The zero-order valence-electron chi connectivity index (χ0n) is 27.3. The predicted octanol–water partition coefficient (Wildman–Crippen LogP) is 7.16. The molecule has 4 heterocycles. The molecule has 15 heteroatoms. The molecule has 2 unspecified atom stereocenters. The van der Waals surface area contributed by atoms with E-state index >= 15 is 0 Å². The van der Waals surface area contributed by atoms with Crippen LogP contribution in [0.2, 0.25) is 10.0 Å². The Kier molecular flexibility index (Phi) is 9.16. The molecule has 50 heavy (non-hydrogen) atoms. The third-order valence-corrected chi connectivity index (χ3v) is 11.9. The number of alkyl halides is 4. The minimum absolute atomic E-state index is 0.0550. The number of rotatable bonds is 6. The normalized spacial score (nSPS) is 25.9. The zero-order chi connectivity index (χ0) is 35.7. The molecule has 1 saturated carbocycles. The number of fused-ring (bicyclic) bond motifs is 1. The lowest BCUT2D eigenvalue weighted by Crippen LogP contribution is -2.62. The summed E-state index contributed by atoms with van der Waals surface area (Å²) in [6, 6.07) is 12.4. The first kappa shape index (κ1) is 35.1. The highest BCUT2D eigenvalue weighted by Crippen LogP contribution is 2.54. The summed E-state index contributed by atoms with van der Waals surface area (Å²) in [5.41, 5.74) is 1.50. The van der Waals surface area contributed by atoms with Crippen molar-refractivity contribution in [2.75, 3.05) is 26.3 Å². The van der Waals surface area contributed by atoms with Crippen molar-refractivity contribution in [3.63, 3.8) is 0 Å². The number of thioether (sulfide) groups is 1. The molecule has 3 fully saturated rings. The topological polar surface area (TPSA) is 76.5 Å². The highest BCUT2D eigenvalue weighted by atomic mass is 35.5. The maximum absolute atomic E-state index is 14.6. The van der Waals surface area contributed by atoms with Crippen LogP contribution in [0.1, 0.15) is 62.7 Å². The van der Waals surface area contributed by atoms with E-state index < -0.39 is 48.2 Å². The van der Waals surface area contributed by atoms with Crippen LogP contribution in [0, 0.1) is 5.92 Å². The van der Waals surface area contributed by atoms with Crippen molar-refractivity contribution in [3.8, 4) is 0 Å². The number of hydrogen-bond acceptors (Lipinski definition) is 6. The Hall–Kier alpha value is -3.29. The lowest BCUT2D eigenvalue weighted by molar-refractivity contribution is -0.191. The molecule has 8 nitrogen and oxygen atoms in total. The van der Waals surface area contributed by atoms with Gasteiger partial charge in [0.2, 0.25) is 5.91 Å². The van der Waals surface area contributed by atoms with Gasteiger partial charge in [-0.1, -0.05) is 61.3 Å². The number of hydrogen-bond donors (Lipinski definition) is 0. The predicted molar refractivity (Wildman–Crippen MR) is 183 cm³/mol. The monoisotopic (exact) mass is 751 g/mol. The highest BCUT2D eigenvalue weighted by molar-refractivity contribution is 8.18. The summed E-state index contributed by atoms with van der Waals surface area (Å²) >= 11 is 13.7. The Labute approximate surface area is 301 Å². The first-order valence-electron chi connectivity index (χ1n) is 16.6. The fourth-order valence-corrected chi connectivity index (χ4v) is 9.36. The summed E-state index contributed by atoms with van der Waals surface area (Å²) in [6.45, 7) is 2.67. The summed E-state index contributed by atoms with van der Waals surface area (Å²) in [5, 5.41) is 1.77. The average Bonchev–Trinajstić information content (AvgIpc) is 3.40. The molecular weight excluding hydrogens is 717 g/mol. The van der Waals surface area contributed by atoms with Gasteiger partial charge in [-0.05, 0) is 78.8 Å². The number of nitrogens with zero attached hydrogens (tertiary/aromatic N) is 5. The van der Waals surface area contributed by atoms with Gasteiger partial charge < -0.3 is 19.6 Å². The van der Waals surface area contributed by atoms with Gasteiger partial charge in [0.05, 0.1) is 17.6 Å². The maximum Gasteiger partial charge on any atom is 0.471 e. The quantitative estimate of drug-likeness (QED) is 0.293. The van der Waals surface area contributed by atoms with Crippen LogP contribution in [-0.4, -0.2) is 92.6 Å². The summed E-state index contributed by atoms with van der Waals surface area (Å²) in [6.07, 6.45) is -3.82. The summed E-state index contributed by atoms with van der Waals surface area (Å²) in [4.78, 5) is 52.1. The molecule has 0 N–H and O–H groups in total. The minimum Gasteiger partial charge on any atom is -0.337 e. The number of amides is 3. The van der Waals surface area contributed by atoms with E-state index in [0.29, 0.717) is 38.7 Å². The summed E-state index contributed by atoms with van der Waals surface area (Å²) in [5.74, 6) is -2.97. The number of likely N-dealkylation sites (tertiary alicyclic amines) is 1. The van der Waals surface area contributed by atoms with E-state index in [1.807, 2.05) is 50.2 Å². The van der Waals surface area contributed by atoms with Crippen molar-refractivity contribution in [2.24, 2.45) is 10.9 Å². The third kappa shape index (κ3) is 6.06. The molecule has 4 atom stereocenters. The number of aliphatic imine (C=N–C) groups is 1. The van der Waals surface area contributed by atoms with Crippen LogP contribution in [0.15, 0.2) is 64.1 Å². The van der Waals surface area contributed by atoms with Gasteiger partial charge in [0.15, 0.2) is 5.17 Å². The second kappa shape index (κ2) is 13.0. The minimum atomic E-state index is -5.01. The lowest BCUT2D eigenvalue weighted by Gasteiger charge is -2.43. The SMILES string of the molecule is CC(C)C1=C(C(=O)N2[C@H](CF)CC[C@H]2C(=O)N2CCN(C(=O)C(F)(F)F)C3(CC3)C2)SC2=NC(c3ccc(Cl)cc3)C(c3ccc(Cl)cc3)N21. The van der Waals surface area contributed by atoms with E-state index in [9.17, 15) is 31.9 Å².